The fourth-order valence-corrected chi connectivity index (χ4v) is 0. The molecule has 0 atom stereocenters. The molecule has 0 rings (SSSR count). The molecule has 0 aliphatic heterocycles. The monoisotopic (exact) mass is 264 g/mol. The zero-order valence-corrected chi connectivity index (χ0v) is 10.5. The van der Waals surface area contributed by atoms with Crippen molar-refractivity contribution in [1.82, 2.24) is 0 Å². The SMILES string of the molecule is O=S(=O)(O)O.OCl.[H-].[Na+].[Zr]. The molecule has 0 aromatic rings. The standard InChI is InChI=1S/ClHO.Na.H2O4S.Zr.H/c1-2;;1-5(2,3)4;;/h2H;;(H2,1,2,3,4);;/q;+1;;;-1. The summed E-state index contributed by atoms with van der Waals surface area (Å²) in [6.07, 6.45) is 0. The Kier molecular flexibility index (Phi) is 31.6. The Hall–Kier alpha value is 2.00. The first kappa shape index (κ1) is 22.4. The molecule has 0 aromatic heterocycles. The van der Waals surface area contributed by atoms with Gasteiger partial charge in [-0.25, -0.2) is 0 Å². The number of rotatable bonds is 0. The first-order chi connectivity index (χ1) is 3.00. The van der Waals surface area contributed by atoms with Crippen LogP contribution in [0.4, 0.5) is 0 Å². The summed E-state index contributed by atoms with van der Waals surface area (Å²) >= 11 is 3.64. The van der Waals surface area contributed by atoms with E-state index in [0.29, 0.717) is 0 Å². The van der Waals surface area contributed by atoms with Crippen molar-refractivity contribution in [3.05, 3.63) is 0 Å². The molecule has 9 heteroatoms. The third kappa shape index (κ3) is 160. The van der Waals surface area contributed by atoms with Crippen LogP contribution in [0.5, 0.6) is 0 Å². The van der Waals surface area contributed by atoms with Crippen LogP contribution in [-0.4, -0.2) is 22.2 Å². The summed E-state index contributed by atoms with van der Waals surface area (Å²) in [5.41, 5.74) is 0. The van der Waals surface area contributed by atoms with Gasteiger partial charge in [0.2, 0.25) is 0 Å². The normalized spacial score (nSPS) is 7.11. The van der Waals surface area contributed by atoms with Crippen LogP contribution in [-0.2, 0) is 36.6 Å². The zero-order valence-electron chi connectivity index (χ0n) is 5.44. The van der Waals surface area contributed by atoms with Crippen molar-refractivity contribution < 1.29 is 79.4 Å². The molecule has 0 aliphatic carbocycles. The van der Waals surface area contributed by atoms with Gasteiger partial charge >= 0.3 is 40.0 Å². The van der Waals surface area contributed by atoms with Gasteiger partial charge in [-0.05, 0) is 0 Å². The van der Waals surface area contributed by atoms with E-state index in [1.807, 2.05) is 0 Å². The molecule has 0 aromatic carbocycles. The maximum atomic E-state index is 8.74. The summed E-state index contributed by atoms with van der Waals surface area (Å²) in [5.74, 6) is 0. The minimum atomic E-state index is -4.67. The summed E-state index contributed by atoms with van der Waals surface area (Å²) in [4.78, 5) is 0. The maximum absolute atomic E-state index is 8.74. The molecule has 0 amide bonds. The molecule has 3 N–H and O–H groups in total. The van der Waals surface area contributed by atoms with Crippen molar-refractivity contribution in [1.29, 1.82) is 0 Å². The minimum Gasteiger partial charge on any atom is -1.00 e. The van der Waals surface area contributed by atoms with Crippen LogP contribution in [0.3, 0.4) is 0 Å². The van der Waals surface area contributed by atoms with Gasteiger partial charge in [0.25, 0.3) is 0 Å². The minimum absolute atomic E-state index is 0. The smallest absolute Gasteiger partial charge is 1.00 e. The number of hydrogen-bond acceptors (Lipinski definition) is 3. The fourth-order valence-electron chi connectivity index (χ4n) is 0. The first-order valence-corrected chi connectivity index (χ1v) is 2.60. The van der Waals surface area contributed by atoms with E-state index in [1.165, 1.54) is 0 Å². The van der Waals surface area contributed by atoms with Crippen LogP contribution in [0.2, 0.25) is 0 Å². The maximum Gasteiger partial charge on any atom is 1.00 e. The Bertz CT molecular complexity index is 105. The molecule has 0 aliphatic rings. The Morgan fingerprint density at radius 3 is 1.22 bits per heavy atom. The molecular weight excluding hydrogens is 262 g/mol. The van der Waals surface area contributed by atoms with E-state index >= 15 is 0 Å². The van der Waals surface area contributed by atoms with E-state index in [9.17, 15) is 0 Å². The quantitative estimate of drug-likeness (QED) is 0.313. The van der Waals surface area contributed by atoms with Crippen molar-refractivity contribution in [2.75, 3.05) is 0 Å². The Labute approximate surface area is 100 Å². The van der Waals surface area contributed by atoms with Crippen LogP contribution in [0.15, 0.2) is 0 Å². The summed E-state index contributed by atoms with van der Waals surface area (Å²) in [7, 11) is -4.67. The first-order valence-electron chi connectivity index (χ1n) is 0.868. The summed E-state index contributed by atoms with van der Waals surface area (Å²) < 4.78 is 38.1. The molecule has 52 valence electrons. The molecule has 9 heavy (non-hydrogen) atoms. The zero-order chi connectivity index (χ0) is 6.50. The van der Waals surface area contributed by atoms with Crippen molar-refractivity contribution in [3.63, 3.8) is 0 Å². The van der Waals surface area contributed by atoms with E-state index < -0.39 is 10.4 Å². The largest absolute Gasteiger partial charge is 1.00 e. The predicted octanol–water partition coefficient (Wildman–Crippen LogP) is -3.41. The van der Waals surface area contributed by atoms with Crippen LogP contribution in [0.1, 0.15) is 1.43 Å². The topological polar surface area (TPSA) is 94.8 Å². The molecule has 0 bridgehead atoms. The third-order valence-electron chi connectivity index (χ3n) is 0. The van der Waals surface area contributed by atoms with Gasteiger partial charge in [0.1, 0.15) is 0 Å². The van der Waals surface area contributed by atoms with Crippen LogP contribution in [0.25, 0.3) is 0 Å². The second-order valence-electron chi connectivity index (χ2n) is 0.448. The van der Waals surface area contributed by atoms with Gasteiger partial charge in [-0.2, -0.15) is 8.42 Å². The summed E-state index contributed by atoms with van der Waals surface area (Å²) in [6.45, 7) is 0. The Balaban J connectivity index is -0.0000000154. The molecule has 0 unspecified atom stereocenters. The predicted molar refractivity (Wildman–Crippen MR) is 23.4 cm³/mol. The van der Waals surface area contributed by atoms with Crippen molar-refractivity contribution in [2.24, 2.45) is 0 Å². The van der Waals surface area contributed by atoms with Crippen LogP contribution >= 0.6 is 11.9 Å². The number of halogens is 1. The van der Waals surface area contributed by atoms with Crippen LogP contribution in [0, 0.1) is 0 Å². The van der Waals surface area contributed by atoms with E-state index in [1.54, 1.807) is 0 Å². The van der Waals surface area contributed by atoms with Gasteiger partial charge < -0.3 is 1.43 Å². The van der Waals surface area contributed by atoms with Gasteiger partial charge in [0.15, 0.2) is 0 Å². The van der Waals surface area contributed by atoms with E-state index in [-0.39, 0.29) is 57.2 Å². The molecule has 0 fully saturated rings. The van der Waals surface area contributed by atoms with Gasteiger partial charge in [-0.1, -0.05) is 0 Å². The molecule has 5 nitrogen and oxygen atoms in total. The Morgan fingerprint density at radius 2 is 1.22 bits per heavy atom. The van der Waals surface area contributed by atoms with Gasteiger partial charge in [0, 0.05) is 26.2 Å². The molecule has 0 spiro atoms. The van der Waals surface area contributed by atoms with E-state index in [4.69, 9.17) is 22.2 Å². The van der Waals surface area contributed by atoms with E-state index in [0.717, 1.165) is 0 Å². The Morgan fingerprint density at radius 1 is 1.22 bits per heavy atom. The average molecular weight is 266 g/mol. The molecule has 0 saturated heterocycles. The molecular formula is H4ClNaO5SZr. The average Bonchev–Trinajstić information content (AvgIpc) is 1.36. The van der Waals surface area contributed by atoms with Gasteiger partial charge in [0.05, 0.1) is 11.9 Å². The number of hydrogen-bond donors (Lipinski definition) is 3. The van der Waals surface area contributed by atoms with Crippen molar-refractivity contribution >= 4 is 22.3 Å². The third-order valence-corrected chi connectivity index (χ3v) is 0. The molecule has 0 saturated carbocycles. The second kappa shape index (κ2) is 12.7. The van der Waals surface area contributed by atoms with Gasteiger partial charge in [-0.3, -0.25) is 13.8 Å². The summed E-state index contributed by atoms with van der Waals surface area (Å²) in [6, 6.07) is 0. The van der Waals surface area contributed by atoms with Gasteiger partial charge in [-0.15, -0.1) is 0 Å². The molecule has 0 radical (unpaired) electrons. The fraction of sp³-hybridized carbons (Fsp3) is 0. The van der Waals surface area contributed by atoms with E-state index in [2.05, 4.69) is 11.9 Å². The molecule has 0 heterocycles. The summed E-state index contributed by atoms with van der Waals surface area (Å²) in [5, 5.41) is 0. The van der Waals surface area contributed by atoms with Crippen LogP contribution < -0.4 is 29.6 Å². The van der Waals surface area contributed by atoms with Crippen molar-refractivity contribution in [3.8, 4) is 0 Å². The second-order valence-corrected chi connectivity index (χ2v) is 1.34. The van der Waals surface area contributed by atoms with Crippen molar-refractivity contribution in [2.45, 2.75) is 0 Å².